The van der Waals surface area contributed by atoms with E-state index in [-0.39, 0.29) is 6.61 Å². The topological polar surface area (TPSA) is 20.2 Å². The van der Waals surface area contributed by atoms with Crippen LogP contribution in [0.3, 0.4) is 0 Å². The van der Waals surface area contributed by atoms with Crippen LogP contribution < -0.4 is 0 Å². The van der Waals surface area contributed by atoms with Crippen LogP contribution in [0.4, 0.5) is 0 Å². The van der Waals surface area contributed by atoms with Crippen LogP contribution in [-0.2, 0) is 0 Å². The number of allylic oxidation sites excluding steroid dienone is 3. The summed E-state index contributed by atoms with van der Waals surface area (Å²) in [5.41, 5.74) is 3.07. The van der Waals surface area contributed by atoms with Crippen LogP contribution in [0.2, 0.25) is 0 Å². The lowest BCUT2D eigenvalue weighted by Gasteiger charge is -2.29. The number of aliphatic hydroxyl groups excluding tert-OH is 1. The largest absolute Gasteiger partial charge is 0.392 e. The fourth-order valence-electron chi connectivity index (χ4n) is 2.47. The molecule has 1 heteroatoms. The molecule has 0 amide bonds. The first-order chi connectivity index (χ1) is 7.52. The third-order valence-corrected chi connectivity index (χ3v) is 4.21. The summed E-state index contributed by atoms with van der Waals surface area (Å²) in [7, 11) is 0. The van der Waals surface area contributed by atoms with Gasteiger partial charge in [0.05, 0.1) is 6.61 Å². The summed E-state index contributed by atoms with van der Waals surface area (Å²) in [6.45, 7) is 9.30. The molecule has 1 atom stereocenters. The molecule has 92 valence electrons. The zero-order chi connectivity index (χ0) is 12.2. The van der Waals surface area contributed by atoms with E-state index in [0.29, 0.717) is 11.3 Å². The summed E-state index contributed by atoms with van der Waals surface area (Å²) in [5.74, 6) is 0.714. The second kappa shape index (κ2) is 5.67. The van der Waals surface area contributed by atoms with Gasteiger partial charge in [-0.15, -0.1) is 0 Å². The third kappa shape index (κ3) is 2.98. The van der Waals surface area contributed by atoms with Crippen molar-refractivity contribution in [3.05, 3.63) is 23.3 Å². The van der Waals surface area contributed by atoms with E-state index in [1.54, 1.807) is 0 Å². The normalized spacial score (nSPS) is 24.7. The predicted octanol–water partition coefficient (Wildman–Crippen LogP) is 4.09. The maximum absolute atomic E-state index is 9.23. The van der Waals surface area contributed by atoms with Crippen molar-refractivity contribution >= 4 is 0 Å². The van der Waals surface area contributed by atoms with E-state index in [4.69, 9.17) is 0 Å². The fraction of sp³-hybridized carbons (Fsp3) is 0.733. The SMILES string of the molecule is CCCC(=CC[C@H]1CC=C(C)C1(C)C)CO. The van der Waals surface area contributed by atoms with Crippen molar-refractivity contribution in [3.63, 3.8) is 0 Å². The summed E-state index contributed by atoms with van der Waals surface area (Å²) in [4.78, 5) is 0. The summed E-state index contributed by atoms with van der Waals surface area (Å²) >= 11 is 0. The molecule has 0 heterocycles. The van der Waals surface area contributed by atoms with Crippen molar-refractivity contribution in [2.45, 2.75) is 53.4 Å². The predicted molar refractivity (Wildman–Crippen MR) is 70.3 cm³/mol. The van der Waals surface area contributed by atoms with Gasteiger partial charge in [-0.3, -0.25) is 0 Å². The first-order valence-corrected chi connectivity index (χ1v) is 6.48. The van der Waals surface area contributed by atoms with Gasteiger partial charge in [0.1, 0.15) is 0 Å². The van der Waals surface area contributed by atoms with Crippen LogP contribution in [0.1, 0.15) is 53.4 Å². The Labute approximate surface area is 100 Å². The van der Waals surface area contributed by atoms with Crippen LogP contribution in [-0.4, -0.2) is 11.7 Å². The van der Waals surface area contributed by atoms with Crippen LogP contribution in [0, 0.1) is 11.3 Å². The average Bonchev–Trinajstić information content (AvgIpc) is 2.50. The molecule has 0 spiro atoms. The standard InChI is InChI=1S/C15H26O/c1-5-6-13(11-16)8-10-14-9-7-12(2)15(14,3)4/h7-8,14,16H,5-6,9-11H2,1-4H3/t14-/m1/s1. The van der Waals surface area contributed by atoms with Gasteiger partial charge in [0.2, 0.25) is 0 Å². The van der Waals surface area contributed by atoms with Crippen molar-refractivity contribution in [2.75, 3.05) is 6.61 Å². The molecular formula is C15H26O. The molecule has 0 fully saturated rings. The molecule has 1 aliphatic rings. The lowest BCUT2D eigenvalue weighted by molar-refractivity contribution is 0.291. The minimum absolute atomic E-state index is 0.230. The summed E-state index contributed by atoms with van der Waals surface area (Å²) in [6.07, 6.45) is 9.10. The van der Waals surface area contributed by atoms with Gasteiger partial charge in [0, 0.05) is 0 Å². The van der Waals surface area contributed by atoms with E-state index >= 15 is 0 Å². The summed E-state index contributed by atoms with van der Waals surface area (Å²) < 4.78 is 0. The zero-order valence-corrected chi connectivity index (χ0v) is 11.2. The third-order valence-electron chi connectivity index (χ3n) is 4.21. The molecule has 0 saturated carbocycles. The van der Waals surface area contributed by atoms with Crippen molar-refractivity contribution in [3.8, 4) is 0 Å². The monoisotopic (exact) mass is 222 g/mol. The second-order valence-electron chi connectivity index (χ2n) is 5.55. The maximum atomic E-state index is 9.23. The van der Waals surface area contributed by atoms with Gasteiger partial charge in [0.25, 0.3) is 0 Å². The molecule has 0 aromatic rings. The number of aliphatic hydroxyl groups is 1. The molecular weight excluding hydrogens is 196 g/mol. The van der Waals surface area contributed by atoms with E-state index in [9.17, 15) is 5.11 Å². The molecule has 0 bridgehead atoms. The Morgan fingerprint density at radius 1 is 1.56 bits per heavy atom. The molecule has 0 saturated heterocycles. The van der Waals surface area contributed by atoms with E-state index < -0.39 is 0 Å². The molecule has 0 unspecified atom stereocenters. The highest BCUT2D eigenvalue weighted by molar-refractivity contribution is 5.19. The Hall–Kier alpha value is -0.560. The second-order valence-corrected chi connectivity index (χ2v) is 5.55. The molecule has 1 rings (SSSR count). The van der Waals surface area contributed by atoms with Crippen molar-refractivity contribution in [1.29, 1.82) is 0 Å². The van der Waals surface area contributed by atoms with Crippen LogP contribution >= 0.6 is 0 Å². The quantitative estimate of drug-likeness (QED) is 0.695. The fourth-order valence-corrected chi connectivity index (χ4v) is 2.47. The molecule has 0 aromatic carbocycles. The Morgan fingerprint density at radius 2 is 2.25 bits per heavy atom. The zero-order valence-electron chi connectivity index (χ0n) is 11.2. The van der Waals surface area contributed by atoms with Gasteiger partial charge >= 0.3 is 0 Å². The highest BCUT2D eigenvalue weighted by Crippen LogP contribution is 2.44. The molecule has 0 aliphatic heterocycles. The lowest BCUT2D eigenvalue weighted by atomic mass is 9.76. The van der Waals surface area contributed by atoms with Gasteiger partial charge in [0.15, 0.2) is 0 Å². The molecule has 0 radical (unpaired) electrons. The molecule has 1 aliphatic carbocycles. The number of hydrogen-bond donors (Lipinski definition) is 1. The Morgan fingerprint density at radius 3 is 2.69 bits per heavy atom. The van der Waals surface area contributed by atoms with Crippen molar-refractivity contribution in [2.24, 2.45) is 11.3 Å². The smallest absolute Gasteiger partial charge is 0.0641 e. The Kier molecular flexibility index (Phi) is 4.79. The minimum Gasteiger partial charge on any atom is -0.392 e. The van der Waals surface area contributed by atoms with E-state index in [0.717, 1.165) is 19.3 Å². The van der Waals surface area contributed by atoms with Crippen LogP contribution in [0.25, 0.3) is 0 Å². The highest BCUT2D eigenvalue weighted by atomic mass is 16.3. The first kappa shape index (κ1) is 13.5. The molecule has 16 heavy (non-hydrogen) atoms. The maximum Gasteiger partial charge on any atom is 0.0641 e. The average molecular weight is 222 g/mol. The number of rotatable bonds is 5. The van der Waals surface area contributed by atoms with Gasteiger partial charge in [-0.25, -0.2) is 0 Å². The first-order valence-electron chi connectivity index (χ1n) is 6.48. The van der Waals surface area contributed by atoms with E-state index in [2.05, 4.69) is 39.8 Å². The summed E-state index contributed by atoms with van der Waals surface area (Å²) in [5, 5.41) is 9.23. The Bertz CT molecular complexity index is 284. The molecule has 0 aromatic heterocycles. The van der Waals surface area contributed by atoms with Crippen LogP contribution in [0.5, 0.6) is 0 Å². The molecule has 1 nitrogen and oxygen atoms in total. The Balaban J connectivity index is 2.56. The van der Waals surface area contributed by atoms with Gasteiger partial charge < -0.3 is 5.11 Å². The van der Waals surface area contributed by atoms with Crippen molar-refractivity contribution in [1.82, 2.24) is 0 Å². The van der Waals surface area contributed by atoms with Gasteiger partial charge in [-0.2, -0.15) is 0 Å². The summed E-state index contributed by atoms with van der Waals surface area (Å²) in [6, 6.07) is 0. The number of hydrogen-bond acceptors (Lipinski definition) is 1. The van der Waals surface area contributed by atoms with E-state index in [1.807, 2.05) is 0 Å². The molecule has 1 N–H and O–H groups in total. The van der Waals surface area contributed by atoms with Gasteiger partial charge in [-0.1, -0.05) is 44.9 Å². The van der Waals surface area contributed by atoms with Crippen LogP contribution in [0.15, 0.2) is 23.3 Å². The van der Waals surface area contributed by atoms with E-state index in [1.165, 1.54) is 17.6 Å². The minimum atomic E-state index is 0.230. The van der Waals surface area contributed by atoms with Crippen molar-refractivity contribution < 1.29 is 5.11 Å². The van der Waals surface area contributed by atoms with Gasteiger partial charge in [-0.05, 0) is 43.1 Å². The lowest BCUT2D eigenvalue weighted by Crippen LogP contribution is -2.19. The highest BCUT2D eigenvalue weighted by Gasteiger charge is 2.33.